The normalized spacial score (nSPS) is 16.7. The third kappa shape index (κ3) is 3.96. The first kappa shape index (κ1) is 21.2. The predicted octanol–water partition coefficient (Wildman–Crippen LogP) is 4.58. The monoisotopic (exact) mass is 464 g/mol. The molecule has 32 heavy (non-hydrogen) atoms. The Morgan fingerprint density at radius 3 is 2.38 bits per heavy atom. The van der Waals surface area contributed by atoms with E-state index in [4.69, 9.17) is 0 Å². The molecule has 0 bridgehead atoms. The van der Waals surface area contributed by atoms with Crippen LogP contribution in [0.3, 0.4) is 0 Å². The van der Waals surface area contributed by atoms with Crippen molar-refractivity contribution in [2.24, 2.45) is 0 Å². The highest BCUT2D eigenvalue weighted by molar-refractivity contribution is 7.99. The lowest BCUT2D eigenvalue weighted by Crippen LogP contribution is -2.36. The summed E-state index contributed by atoms with van der Waals surface area (Å²) in [5.41, 5.74) is 3.67. The second-order valence-corrected chi connectivity index (χ2v) is 11.1. The maximum Gasteiger partial charge on any atom is 0.258 e. The number of benzene rings is 3. The Hall–Kier alpha value is -2.61. The van der Waals surface area contributed by atoms with Crippen molar-refractivity contribution >= 4 is 33.4 Å². The quantitative estimate of drug-likeness (QED) is 0.570. The summed E-state index contributed by atoms with van der Waals surface area (Å²) < 4.78 is 28.0. The van der Waals surface area contributed by atoms with E-state index in [-0.39, 0.29) is 10.8 Å². The Balaban J connectivity index is 1.38. The maximum atomic E-state index is 13.3. The first-order valence-corrected chi connectivity index (χ1v) is 13.2. The van der Waals surface area contributed by atoms with Crippen LogP contribution in [0.1, 0.15) is 27.9 Å². The molecule has 0 radical (unpaired) electrons. The van der Waals surface area contributed by atoms with Crippen LogP contribution < -0.4 is 4.90 Å². The van der Waals surface area contributed by atoms with Gasteiger partial charge in [0.25, 0.3) is 5.91 Å². The predicted molar refractivity (Wildman–Crippen MR) is 128 cm³/mol. The smallest absolute Gasteiger partial charge is 0.258 e. The summed E-state index contributed by atoms with van der Waals surface area (Å²) in [5.74, 6) is 0.868. The molecule has 0 unspecified atom stereocenters. The summed E-state index contributed by atoms with van der Waals surface area (Å²) in [5, 5.41) is 0. The standard InChI is InChI=1S/C25H24N2O3S2/c28-25(27-15-5-17-31-24-9-4-3-8-23(24)27)20-10-12-22(13-11-20)32(29,30)26-16-14-19-6-1-2-7-21(19)18-26/h1-4,6-13H,5,14-18H2. The highest BCUT2D eigenvalue weighted by atomic mass is 32.2. The SMILES string of the molecule is O=C(c1ccc(S(=O)(=O)N2CCc3ccccc3C2)cc1)N1CCCSc2ccccc21. The highest BCUT2D eigenvalue weighted by Gasteiger charge is 2.29. The van der Waals surface area contributed by atoms with Crippen LogP contribution in [0.5, 0.6) is 0 Å². The molecule has 0 aromatic heterocycles. The van der Waals surface area contributed by atoms with E-state index >= 15 is 0 Å². The van der Waals surface area contributed by atoms with Gasteiger partial charge in [0.15, 0.2) is 0 Å². The van der Waals surface area contributed by atoms with E-state index in [1.807, 2.05) is 42.5 Å². The molecule has 1 amide bonds. The number of hydrogen-bond donors (Lipinski definition) is 0. The number of carbonyl (C=O) groups excluding carboxylic acids is 1. The van der Waals surface area contributed by atoms with Crippen LogP contribution in [0, 0.1) is 0 Å². The zero-order chi connectivity index (χ0) is 22.1. The van der Waals surface area contributed by atoms with E-state index in [9.17, 15) is 13.2 Å². The molecule has 0 spiro atoms. The van der Waals surface area contributed by atoms with Gasteiger partial charge in [-0.05, 0) is 66.1 Å². The molecule has 0 aliphatic carbocycles. The number of anilines is 1. The fraction of sp³-hybridized carbons (Fsp3) is 0.240. The molecule has 0 N–H and O–H groups in total. The molecule has 2 aliphatic rings. The minimum absolute atomic E-state index is 0.101. The van der Waals surface area contributed by atoms with Crippen molar-refractivity contribution in [3.63, 3.8) is 0 Å². The Kier molecular flexibility index (Phi) is 5.80. The summed E-state index contributed by atoms with van der Waals surface area (Å²) >= 11 is 1.76. The first-order valence-electron chi connectivity index (χ1n) is 10.7. The van der Waals surface area contributed by atoms with Gasteiger partial charge >= 0.3 is 0 Å². The minimum atomic E-state index is -3.62. The lowest BCUT2D eigenvalue weighted by molar-refractivity contribution is 0.0986. The fourth-order valence-corrected chi connectivity index (χ4v) is 6.70. The van der Waals surface area contributed by atoms with Gasteiger partial charge in [-0.3, -0.25) is 4.79 Å². The van der Waals surface area contributed by atoms with Gasteiger partial charge in [0.1, 0.15) is 0 Å². The molecule has 7 heteroatoms. The van der Waals surface area contributed by atoms with Crippen LogP contribution in [0.2, 0.25) is 0 Å². The van der Waals surface area contributed by atoms with E-state index < -0.39 is 10.0 Å². The number of fused-ring (bicyclic) bond motifs is 2. The molecule has 164 valence electrons. The van der Waals surface area contributed by atoms with E-state index in [0.717, 1.165) is 28.3 Å². The summed E-state index contributed by atoms with van der Waals surface area (Å²) in [6.07, 6.45) is 1.62. The summed E-state index contributed by atoms with van der Waals surface area (Å²) in [6.45, 7) is 1.49. The molecule has 5 rings (SSSR count). The largest absolute Gasteiger partial charge is 0.307 e. The average molecular weight is 465 g/mol. The molecule has 0 fully saturated rings. The topological polar surface area (TPSA) is 57.7 Å². The van der Waals surface area contributed by atoms with Crippen molar-refractivity contribution in [2.75, 3.05) is 23.7 Å². The zero-order valence-corrected chi connectivity index (χ0v) is 19.2. The van der Waals surface area contributed by atoms with Gasteiger partial charge in [0, 0.05) is 30.1 Å². The molecule has 3 aromatic carbocycles. The Morgan fingerprint density at radius 2 is 1.56 bits per heavy atom. The summed E-state index contributed by atoms with van der Waals surface area (Å²) in [7, 11) is -3.62. The number of hydrogen-bond acceptors (Lipinski definition) is 4. The molecule has 0 saturated carbocycles. The van der Waals surface area contributed by atoms with Gasteiger partial charge in [-0.25, -0.2) is 8.42 Å². The van der Waals surface area contributed by atoms with E-state index in [0.29, 0.717) is 31.6 Å². The van der Waals surface area contributed by atoms with Crippen LogP contribution >= 0.6 is 11.8 Å². The van der Waals surface area contributed by atoms with Gasteiger partial charge in [0.05, 0.1) is 10.6 Å². The Bertz CT molecular complexity index is 1260. The Morgan fingerprint density at radius 1 is 0.844 bits per heavy atom. The van der Waals surface area contributed by atoms with Crippen molar-refractivity contribution in [1.82, 2.24) is 4.31 Å². The third-order valence-electron chi connectivity index (χ3n) is 6.02. The molecule has 3 aromatic rings. The van der Waals surface area contributed by atoms with Crippen molar-refractivity contribution in [3.8, 4) is 0 Å². The molecule has 5 nitrogen and oxygen atoms in total. The summed E-state index contributed by atoms with van der Waals surface area (Å²) in [4.78, 5) is 16.4. The van der Waals surface area contributed by atoms with Crippen molar-refractivity contribution in [2.45, 2.75) is 29.2 Å². The second kappa shape index (κ2) is 8.73. The van der Waals surface area contributed by atoms with Crippen LogP contribution in [0.25, 0.3) is 0 Å². The third-order valence-corrected chi connectivity index (χ3v) is 9.03. The highest BCUT2D eigenvalue weighted by Crippen LogP contribution is 2.34. The molecular weight excluding hydrogens is 440 g/mol. The number of sulfonamides is 1. The van der Waals surface area contributed by atoms with Crippen LogP contribution in [-0.2, 0) is 23.0 Å². The number of rotatable bonds is 3. The van der Waals surface area contributed by atoms with E-state index in [2.05, 4.69) is 6.07 Å². The number of carbonyl (C=O) groups is 1. The Labute approximate surface area is 193 Å². The van der Waals surface area contributed by atoms with Gasteiger partial charge in [-0.1, -0.05) is 36.4 Å². The zero-order valence-electron chi connectivity index (χ0n) is 17.6. The van der Waals surface area contributed by atoms with Crippen molar-refractivity contribution in [1.29, 1.82) is 0 Å². The van der Waals surface area contributed by atoms with Crippen molar-refractivity contribution in [3.05, 3.63) is 89.5 Å². The lowest BCUT2D eigenvalue weighted by Gasteiger charge is -2.28. The minimum Gasteiger partial charge on any atom is -0.307 e. The van der Waals surface area contributed by atoms with Crippen LogP contribution in [-0.4, -0.2) is 37.5 Å². The van der Waals surface area contributed by atoms with Gasteiger partial charge in [-0.2, -0.15) is 4.31 Å². The van der Waals surface area contributed by atoms with Crippen molar-refractivity contribution < 1.29 is 13.2 Å². The second-order valence-electron chi connectivity index (χ2n) is 8.01. The number of nitrogens with zero attached hydrogens (tertiary/aromatic N) is 2. The molecule has 0 atom stereocenters. The fourth-order valence-electron chi connectivity index (χ4n) is 4.29. The van der Waals surface area contributed by atoms with Crippen LogP contribution in [0.4, 0.5) is 5.69 Å². The lowest BCUT2D eigenvalue weighted by atomic mass is 10.0. The van der Waals surface area contributed by atoms with E-state index in [1.54, 1.807) is 40.9 Å². The van der Waals surface area contributed by atoms with E-state index in [1.165, 1.54) is 9.87 Å². The van der Waals surface area contributed by atoms with Gasteiger partial charge < -0.3 is 4.90 Å². The number of amides is 1. The number of thioether (sulfide) groups is 1. The molecule has 0 saturated heterocycles. The molecule has 2 heterocycles. The maximum absolute atomic E-state index is 13.3. The average Bonchev–Trinajstić information content (AvgIpc) is 3.06. The van der Waals surface area contributed by atoms with Crippen LogP contribution in [0.15, 0.2) is 82.6 Å². The van der Waals surface area contributed by atoms with Gasteiger partial charge in [0.2, 0.25) is 10.0 Å². The molecule has 2 aliphatic heterocycles. The van der Waals surface area contributed by atoms with Gasteiger partial charge in [-0.15, -0.1) is 11.8 Å². The molecular formula is C25H24N2O3S2. The first-order chi connectivity index (χ1) is 15.5. The summed E-state index contributed by atoms with van der Waals surface area (Å²) in [6, 6.07) is 22.3. The number of para-hydroxylation sites is 1.